The molecular weight excluding hydrogens is 348 g/mol. The molecule has 1 aliphatic heterocycles. The maximum absolute atomic E-state index is 12.3. The Morgan fingerprint density at radius 3 is 2.91 bits per heavy atom. The molecule has 6 heteroatoms. The molecule has 3 nitrogen and oxygen atoms in total. The third-order valence-corrected chi connectivity index (χ3v) is 6.20. The lowest BCUT2D eigenvalue weighted by Crippen LogP contribution is -2.36. The molecule has 2 aromatic rings. The smallest absolute Gasteiger partial charge is 0.228 e. The van der Waals surface area contributed by atoms with Crippen LogP contribution in [0.15, 0.2) is 34.0 Å². The van der Waals surface area contributed by atoms with E-state index < -0.39 is 0 Å². The summed E-state index contributed by atoms with van der Waals surface area (Å²) in [6, 6.07) is 7.88. The van der Waals surface area contributed by atoms with Crippen molar-refractivity contribution in [1.29, 1.82) is 0 Å². The summed E-state index contributed by atoms with van der Waals surface area (Å²) in [6.07, 6.45) is 3.92. The number of thioether (sulfide) groups is 1. The number of hydrogen-bond acceptors (Lipinski definition) is 4. The fourth-order valence-electron chi connectivity index (χ4n) is 2.62. The zero-order valence-corrected chi connectivity index (χ0v) is 15.2. The fraction of sp³-hybridized carbons (Fsp3) is 0.412. The Morgan fingerprint density at radius 2 is 2.13 bits per heavy atom. The average molecular weight is 367 g/mol. The van der Waals surface area contributed by atoms with Crippen molar-refractivity contribution >= 4 is 40.6 Å². The van der Waals surface area contributed by atoms with Gasteiger partial charge in [0.05, 0.1) is 12.1 Å². The lowest BCUT2D eigenvalue weighted by atomic mass is 10.1. The molecular formula is C17H19ClN2OS2. The number of rotatable bonds is 5. The number of likely N-dealkylation sites (tertiary alicyclic amines) is 1. The molecule has 122 valence electrons. The van der Waals surface area contributed by atoms with Crippen molar-refractivity contribution < 1.29 is 4.79 Å². The van der Waals surface area contributed by atoms with E-state index >= 15 is 0 Å². The molecule has 2 heterocycles. The molecule has 1 aromatic heterocycles. The van der Waals surface area contributed by atoms with E-state index in [2.05, 4.69) is 11.1 Å². The maximum Gasteiger partial charge on any atom is 0.228 e. The van der Waals surface area contributed by atoms with Crippen LogP contribution in [0.1, 0.15) is 30.5 Å². The van der Waals surface area contributed by atoms with Crippen molar-refractivity contribution in [3.8, 4) is 0 Å². The van der Waals surface area contributed by atoms with E-state index in [9.17, 15) is 4.79 Å². The zero-order chi connectivity index (χ0) is 16.1. The van der Waals surface area contributed by atoms with Gasteiger partial charge in [-0.3, -0.25) is 4.79 Å². The van der Waals surface area contributed by atoms with Gasteiger partial charge in [0.2, 0.25) is 5.91 Å². The molecule has 0 unspecified atom stereocenters. The van der Waals surface area contributed by atoms with E-state index in [1.165, 1.54) is 12.0 Å². The molecule has 0 saturated carbocycles. The molecule has 0 radical (unpaired) electrons. The second kappa shape index (κ2) is 8.18. The van der Waals surface area contributed by atoms with E-state index in [0.29, 0.717) is 6.42 Å². The Labute approximate surface area is 150 Å². The van der Waals surface area contributed by atoms with Crippen LogP contribution in [0, 0.1) is 0 Å². The predicted octanol–water partition coefficient (Wildman–Crippen LogP) is 4.64. The SMILES string of the molecule is O=C(Cc1csc(SCc2cccc(Cl)c2)n1)N1CCCCC1. The molecule has 1 amide bonds. The Bertz CT molecular complexity index is 668. The second-order valence-electron chi connectivity index (χ2n) is 5.64. The Kier molecular flexibility index (Phi) is 5.97. The first-order valence-corrected chi connectivity index (χ1v) is 10.0. The number of thiazole rings is 1. The van der Waals surface area contributed by atoms with Crippen molar-refractivity contribution in [3.05, 3.63) is 45.9 Å². The summed E-state index contributed by atoms with van der Waals surface area (Å²) in [5.41, 5.74) is 2.07. The van der Waals surface area contributed by atoms with Gasteiger partial charge in [-0.15, -0.1) is 11.3 Å². The van der Waals surface area contributed by atoms with Crippen LogP contribution >= 0.6 is 34.7 Å². The van der Waals surface area contributed by atoms with E-state index in [4.69, 9.17) is 11.6 Å². The summed E-state index contributed by atoms with van der Waals surface area (Å²) in [5.74, 6) is 1.05. The summed E-state index contributed by atoms with van der Waals surface area (Å²) in [6.45, 7) is 1.80. The van der Waals surface area contributed by atoms with Gasteiger partial charge >= 0.3 is 0 Å². The highest BCUT2D eigenvalue weighted by atomic mass is 35.5. The average Bonchev–Trinajstić information content (AvgIpc) is 3.01. The number of benzene rings is 1. The minimum Gasteiger partial charge on any atom is -0.342 e. The minimum absolute atomic E-state index is 0.210. The van der Waals surface area contributed by atoms with E-state index in [1.807, 2.05) is 28.5 Å². The lowest BCUT2D eigenvalue weighted by molar-refractivity contribution is -0.131. The van der Waals surface area contributed by atoms with Gasteiger partial charge in [0.15, 0.2) is 0 Å². The highest BCUT2D eigenvalue weighted by Gasteiger charge is 2.17. The van der Waals surface area contributed by atoms with Crippen LogP contribution < -0.4 is 0 Å². The van der Waals surface area contributed by atoms with Crippen LogP contribution in [0.2, 0.25) is 5.02 Å². The third kappa shape index (κ3) is 4.96. The fourth-order valence-corrected chi connectivity index (χ4v) is 4.62. The molecule has 1 aromatic carbocycles. The number of amides is 1. The molecule has 1 fully saturated rings. The van der Waals surface area contributed by atoms with Gasteiger partial charge in [0.1, 0.15) is 4.34 Å². The normalized spacial score (nSPS) is 14.9. The Morgan fingerprint density at radius 1 is 1.30 bits per heavy atom. The third-order valence-electron chi connectivity index (χ3n) is 3.82. The highest BCUT2D eigenvalue weighted by Crippen LogP contribution is 2.27. The summed E-state index contributed by atoms with van der Waals surface area (Å²) in [4.78, 5) is 18.8. The number of nitrogens with zero attached hydrogens (tertiary/aromatic N) is 2. The topological polar surface area (TPSA) is 33.2 Å². The lowest BCUT2D eigenvalue weighted by Gasteiger charge is -2.26. The van der Waals surface area contributed by atoms with Gasteiger partial charge in [-0.25, -0.2) is 4.98 Å². The van der Waals surface area contributed by atoms with E-state index in [1.54, 1.807) is 23.1 Å². The highest BCUT2D eigenvalue weighted by molar-refractivity contribution is 8.00. The van der Waals surface area contributed by atoms with Gasteiger partial charge in [0.25, 0.3) is 0 Å². The first-order valence-electron chi connectivity index (χ1n) is 7.80. The number of hydrogen-bond donors (Lipinski definition) is 0. The molecule has 0 bridgehead atoms. The number of halogens is 1. The van der Waals surface area contributed by atoms with Crippen LogP contribution in [0.3, 0.4) is 0 Å². The largest absolute Gasteiger partial charge is 0.342 e. The first kappa shape index (κ1) is 16.8. The first-order chi connectivity index (χ1) is 11.2. The standard InChI is InChI=1S/C17H19ClN2OS2/c18-14-6-4-5-13(9-14)11-22-17-19-15(12-23-17)10-16(21)20-7-2-1-3-8-20/h4-6,9,12H,1-3,7-8,10-11H2. The molecule has 1 saturated heterocycles. The van der Waals surface area contributed by atoms with Crippen LogP contribution in [0.4, 0.5) is 0 Å². The monoisotopic (exact) mass is 366 g/mol. The molecule has 0 aliphatic carbocycles. The predicted molar refractivity (Wildman–Crippen MR) is 97.3 cm³/mol. The molecule has 1 aliphatic rings. The zero-order valence-electron chi connectivity index (χ0n) is 12.8. The molecule has 23 heavy (non-hydrogen) atoms. The summed E-state index contributed by atoms with van der Waals surface area (Å²) in [7, 11) is 0. The van der Waals surface area contributed by atoms with Crippen molar-refractivity contribution in [2.75, 3.05) is 13.1 Å². The van der Waals surface area contributed by atoms with Crippen molar-refractivity contribution in [1.82, 2.24) is 9.88 Å². The van der Waals surface area contributed by atoms with Gasteiger partial charge in [0, 0.05) is 29.2 Å². The number of carbonyl (C=O) groups is 1. The van der Waals surface area contributed by atoms with Crippen molar-refractivity contribution in [2.45, 2.75) is 35.8 Å². The number of carbonyl (C=O) groups excluding carboxylic acids is 1. The van der Waals surface area contributed by atoms with Crippen molar-refractivity contribution in [2.24, 2.45) is 0 Å². The molecule has 0 spiro atoms. The van der Waals surface area contributed by atoms with Crippen LogP contribution in [0.25, 0.3) is 0 Å². The van der Waals surface area contributed by atoms with Gasteiger partial charge in [-0.05, 0) is 37.0 Å². The van der Waals surface area contributed by atoms with Gasteiger partial charge < -0.3 is 4.90 Å². The summed E-state index contributed by atoms with van der Waals surface area (Å²) < 4.78 is 1.01. The van der Waals surface area contributed by atoms with Crippen LogP contribution in [0.5, 0.6) is 0 Å². The van der Waals surface area contributed by atoms with E-state index in [0.717, 1.165) is 46.7 Å². The second-order valence-corrected chi connectivity index (χ2v) is 8.16. The minimum atomic E-state index is 0.210. The molecule has 0 N–H and O–H groups in total. The Balaban J connectivity index is 1.52. The van der Waals surface area contributed by atoms with Crippen molar-refractivity contribution in [3.63, 3.8) is 0 Å². The molecule has 0 atom stereocenters. The summed E-state index contributed by atoms with van der Waals surface area (Å²) >= 11 is 9.30. The summed E-state index contributed by atoms with van der Waals surface area (Å²) in [5, 5.41) is 2.76. The van der Waals surface area contributed by atoms with Gasteiger partial charge in [-0.2, -0.15) is 0 Å². The van der Waals surface area contributed by atoms with E-state index in [-0.39, 0.29) is 5.91 Å². The Hall–Kier alpha value is -1.04. The van der Waals surface area contributed by atoms with Gasteiger partial charge in [-0.1, -0.05) is 35.5 Å². The number of aromatic nitrogens is 1. The van der Waals surface area contributed by atoms with Crippen LogP contribution in [-0.2, 0) is 17.0 Å². The quantitative estimate of drug-likeness (QED) is 0.722. The number of piperidine rings is 1. The maximum atomic E-state index is 12.3. The van der Waals surface area contributed by atoms with Crippen LogP contribution in [-0.4, -0.2) is 28.9 Å². The molecule has 3 rings (SSSR count).